The fourth-order valence-electron chi connectivity index (χ4n) is 3.55. The predicted octanol–water partition coefficient (Wildman–Crippen LogP) is 4.53. The van der Waals surface area contributed by atoms with E-state index in [2.05, 4.69) is 10.3 Å². The number of hydrogen-bond donors (Lipinski definition) is 1. The molecule has 0 saturated heterocycles. The van der Waals surface area contributed by atoms with Crippen molar-refractivity contribution in [1.29, 1.82) is 0 Å². The summed E-state index contributed by atoms with van der Waals surface area (Å²) in [6.45, 7) is 4.87. The van der Waals surface area contributed by atoms with Gasteiger partial charge in [-0.1, -0.05) is 0 Å². The van der Waals surface area contributed by atoms with Crippen LogP contribution in [0.4, 0.5) is 17.6 Å². The van der Waals surface area contributed by atoms with E-state index in [0.29, 0.717) is 29.7 Å². The van der Waals surface area contributed by atoms with E-state index in [1.165, 1.54) is 0 Å². The first-order valence-electron chi connectivity index (χ1n) is 10.4. The number of nitrogens with one attached hydrogen (secondary N) is 1. The molecule has 0 fully saturated rings. The number of likely N-dealkylation sites (N-methyl/N-ethyl adjacent to an activating group) is 1. The van der Waals surface area contributed by atoms with Crippen LogP contribution in [0.3, 0.4) is 0 Å². The number of alkyl halides is 3. The number of halogens is 4. The molecular weight excluding hydrogens is 436 g/mol. The largest absolute Gasteiger partial charge is 0.416 e. The topological polar surface area (TPSA) is 50.2 Å². The summed E-state index contributed by atoms with van der Waals surface area (Å²) >= 11 is 0. The number of carbonyl (C=O) groups is 1. The molecule has 0 saturated carbocycles. The molecule has 3 rings (SSSR count). The number of imidazole rings is 1. The van der Waals surface area contributed by atoms with Gasteiger partial charge in [0.2, 0.25) is 0 Å². The van der Waals surface area contributed by atoms with Crippen molar-refractivity contribution in [2.75, 3.05) is 27.2 Å². The van der Waals surface area contributed by atoms with Crippen molar-refractivity contribution in [1.82, 2.24) is 19.8 Å². The number of carbonyl (C=O) groups excluding carboxylic acids is 1. The van der Waals surface area contributed by atoms with E-state index < -0.39 is 17.6 Å². The zero-order valence-electron chi connectivity index (χ0n) is 18.9. The van der Waals surface area contributed by atoms with Crippen LogP contribution in [-0.4, -0.2) is 47.5 Å². The minimum atomic E-state index is -4.62. The quantitative estimate of drug-likeness (QED) is 0.525. The molecule has 0 bridgehead atoms. The highest BCUT2D eigenvalue weighted by Crippen LogP contribution is 2.31. The molecule has 1 amide bonds. The Balaban J connectivity index is 1.80. The summed E-state index contributed by atoms with van der Waals surface area (Å²) < 4.78 is 54.5. The molecule has 9 heteroatoms. The fourth-order valence-corrected chi connectivity index (χ4v) is 3.55. The molecule has 0 unspecified atom stereocenters. The summed E-state index contributed by atoms with van der Waals surface area (Å²) in [5.41, 5.74) is 1.79. The number of hydrogen-bond acceptors (Lipinski definition) is 3. The lowest BCUT2D eigenvalue weighted by Crippen LogP contribution is -2.31. The van der Waals surface area contributed by atoms with Gasteiger partial charge in [-0.05, 0) is 75.5 Å². The molecule has 0 atom stereocenters. The van der Waals surface area contributed by atoms with Gasteiger partial charge in [0.05, 0.1) is 11.3 Å². The van der Waals surface area contributed by atoms with Crippen LogP contribution in [0.1, 0.15) is 38.6 Å². The van der Waals surface area contributed by atoms with Gasteiger partial charge in [-0.2, -0.15) is 13.2 Å². The molecule has 3 aromatic rings. The van der Waals surface area contributed by atoms with Crippen molar-refractivity contribution >= 4 is 5.91 Å². The zero-order chi connectivity index (χ0) is 24.3. The van der Waals surface area contributed by atoms with E-state index in [-0.39, 0.29) is 17.9 Å². The number of aryl methyl sites for hydroxylation is 2. The fraction of sp³-hybridized carbons (Fsp3) is 0.333. The molecule has 0 radical (unpaired) electrons. The van der Waals surface area contributed by atoms with Crippen molar-refractivity contribution in [3.63, 3.8) is 0 Å². The molecule has 1 N–H and O–H groups in total. The predicted molar refractivity (Wildman–Crippen MR) is 118 cm³/mol. The van der Waals surface area contributed by atoms with Crippen molar-refractivity contribution in [3.05, 3.63) is 82.2 Å². The molecule has 1 aromatic heterocycles. The third-order valence-corrected chi connectivity index (χ3v) is 5.18. The van der Waals surface area contributed by atoms with Gasteiger partial charge in [-0.3, -0.25) is 4.79 Å². The van der Waals surface area contributed by atoms with Gasteiger partial charge in [0, 0.05) is 37.0 Å². The van der Waals surface area contributed by atoms with Crippen LogP contribution in [0.2, 0.25) is 0 Å². The second-order valence-corrected chi connectivity index (χ2v) is 8.23. The Morgan fingerprint density at radius 1 is 1.12 bits per heavy atom. The number of amides is 1. The van der Waals surface area contributed by atoms with E-state index in [4.69, 9.17) is 0 Å². The minimum Gasteiger partial charge on any atom is -0.351 e. The molecule has 176 valence electrons. The number of benzene rings is 2. The lowest BCUT2D eigenvalue weighted by atomic mass is 10.1. The van der Waals surface area contributed by atoms with Crippen LogP contribution in [0, 0.1) is 19.7 Å². The average molecular weight is 462 g/mol. The van der Waals surface area contributed by atoms with Gasteiger partial charge in [-0.25, -0.2) is 9.37 Å². The van der Waals surface area contributed by atoms with Crippen LogP contribution in [-0.2, 0) is 12.6 Å². The Kier molecular flexibility index (Phi) is 7.22. The molecule has 2 aromatic carbocycles. The van der Waals surface area contributed by atoms with Gasteiger partial charge in [0.1, 0.15) is 11.6 Å². The summed E-state index contributed by atoms with van der Waals surface area (Å²) in [5.74, 6) is -0.471. The summed E-state index contributed by atoms with van der Waals surface area (Å²) in [6.07, 6.45) is -2.86. The highest BCUT2D eigenvalue weighted by Gasteiger charge is 2.31. The van der Waals surface area contributed by atoms with Crippen LogP contribution in [0.25, 0.3) is 5.69 Å². The highest BCUT2D eigenvalue weighted by atomic mass is 19.4. The monoisotopic (exact) mass is 462 g/mol. The third-order valence-electron chi connectivity index (χ3n) is 5.18. The first kappa shape index (κ1) is 24.4. The highest BCUT2D eigenvalue weighted by molar-refractivity contribution is 5.95. The van der Waals surface area contributed by atoms with E-state index in [1.54, 1.807) is 29.8 Å². The first-order valence-corrected chi connectivity index (χ1v) is 10.4. The van der Waals surface area contributed by atoms with E-state index in [1.807, 2.05) is 32.0 Å². The number of rotatable bonds is 7. The van der Waals surface area contributed by atoms with Gasteiger partial charge < -0.3 is 14.8 Å². The lowest BCUT2D eigenvalue weighted by molar-refractivity contribution is -0.137. The van der Waals surface area contributed by atoms with Crippen molar-refractivity contribution in [2.24, 2.45) is 0 Å². The zero-order valence-corrected chi connectivity index (χ0v) is 18.9. The molecule has 1 heterocycles. The second-order valence-electron chi connectivity index (χ2n) is 8.23. The SMILES string of the molecule is Cc1cc(-n2cc(Cc3cc(F)cc(C(F)(F)F)c3)nc2C)ccc1C(=O)NCCN(C)C. The molecule has 33 heavy (non-hydrogen) atoms. The molecule has 0 aliphatic rings. The van der Waals surface area contributed by atoms with Crippen LogP contribution < -0.4 is 5.32 Å². The van der Waals surface area contributed by atoms with Crippen molar-refractivity contribution < 1.29 is 22.4 Å². The maximum atomic E-state index is 13.7. The smallest absolute Gasteiger partial charge is 0.351 e. The third kappa shape index (κ3) is 6.19. The number of aromatic nitrogens is 2. The van der Waals surface area contributed by atoms with Gasteiger partial charge in [-0.15, -0.1) is 0 Å². The number of nitrogens with zero attached hydrogens (tertiary/aromatic N) is 3. The first-order chi connectivity index (χ1) is 15.4. The summed E-state index contributed by atoms with van der Waals surface area (Å²) in [6, 6.07) is 7.87. The van der Waals surface area contributed by atoms with Crippen molar-refractivity contribution in [3.8, 4) is 5.69 Å². The Morgan fingerprint density at radius 2 is 1.85 bits per heavy atom. The molecule has 0 aliphatic heterocycles. The van der Waals surface area contributed by atoms with Gasteiger partial charge in [0.25, 0.3) is 5.91 Å². The molecule has 0 spiro atoms. The minimum absolute atomic E-state index is 0.0556. The summed E-state index contributed by atoms with van der Waals surface area (Å²) in [5, 5.41) is 2.88. The molecular formula is C24H26F4N4O. The maximum absolute atomic E-state index is 13.7. The standard InChI is InChI=1S/C24H26F4N4O/c1-15-9-21(5-6-22(15)23(33)29-7-8-31(3)4)32-14-20(30-16(32)2)12-17-10-18(24(26,27)28)13-19(25)11-17/h5-6,9-11,13-14H,7-8,12H2,1-4H3,(H,29,33). The van der Waals surface area contributed by atoms with Gasteiger partial charge >= 0.3 is 6.18 Å². The summed E-state index contributed by atoms with van der Waals surface area (Å²) in [4.78, 5) is 18.8. The van der Waals surface area contributed by atoms with E-state index in [0.717, 1.165) is 29.9 Å². The molecule has 0 aliphatic carbocycles. The van der Waals surface area contributed by atoms with Crippen molar-refractivity contribution in [2.45, 2.75) is 26.4 Å². The van der Waals surface area contributed by atoms with Crippen LogP contribution in [0.5, 0.6) is 0 Å². The van der Waals surface area contributed by atoms with Gasteiger partial charge in [0.15, 0.2) is 0 Å². The maximum Gasteiger partial charge on any atom is 0.416 e. The summed E-state index contributed by atoms with van der Waals surface area (Å²) in [7, 11) is 3.86. The Bertz CT molecular complexity index is 1150. The lowest BCUT2D eigenvalue weighted by Gasteiger charge is -2.13. The Labute approximate surface area is 190 Å². The van der Waals surface area contributed by atoms with Crippen LogP contribution >= 0.6 is 0 Å². The Hall–Kier alpha value is -3.20. The molecule has 5 nitrogen and oxygen atoms in total. The van der Waals surface area contributed by atoms with E-state index in [9.17, 15) is 22.4 Å². The van der Waals surface area contributed by atoms with Crippen LogP contribution in [0.15, 0.2) is 42.6 Å². The Morgan fingerprint density at radius 3 is 2.48 bits per heavy atom. The van der Waals surface area contributed by atoms with E-state index >= 15 is 0 Å². The normalized spacial score (nSPS) is 11.8. The average Bonchev–Trinajstić information content (AvgIpc) is 3.06. The second kappa shape index (κ2) is 9.74.